The van der Waals surface area contributed by atoms with Crippen molar-refractivity contribution in [1.29, 1.82) is 0 Å². The van der Waals surface area contributed by atoms with E-state index in [1.807, 2.05) is 0 Å². The third-order valence-corrected chi connectivity index (χ3v) is 5.10. The summed E-state index contributed by atoms with van der Waals surface area (Å²) in [5, 5.41) is 14.0. The molecule has 1 amide bonds. The number of hydrogen-bond donors (Lipinski definition) is 1. The summed E-state index contributed by atoms with van der Waals surface area (Å²) in [5.74, 6) is -0.528. The number of thioether (sulfide) groups is 1. The Hall–Kier alpha value is -3.00. The number of rotatable bonds is 5. The van der Waals surface area contributed by atoms with Gasteiger partial charge in [-0.15, -0.1) is 0 Å². The van der Waals surface area contributed by atoms with Crippen LogP contribution in [0, 0.1) is 5.21 Å². The number of pyridine rings is 1. The second-order valence-corrected chi connectivity index (χ2v) is 6.97. The van der Waals surface area contributed by atoms with Gasteiger partial charge in [0.2, 0.25) is 5.91 Å². The van der Waals surface area contributed by atoms with Crippen molar-refractivity contribution in [3.63, 3.8) is 0 Å². The first-order chi connectivity index (χ1) is 13.3. The minimum Gasteiger partial charge on any atom is -0.618 e. The lowest BCUT2D eigenvalue weighted by Gasteiger charge is -2.17. The molecule has 1 N–H and O–H groups in total. The molecule has 3 rings (SSSR count). The largest absolute Gasteiger partial charge is 0.618 e. The Morgan fingerprint density at radius 3 is 2.39 bits per heavy atom. The predicted molar refractivity (Wildman–Crippen MR) is 101 cm³/mol. The van der Waals surface area contributed by atoms with E-state index >= 15 is 0 Å². The van der Waals surface area contributed by atoms with Crippen LogP contribution < -0.4 is 10.0 Å². The second-order valence-electron chi connectivity index (χ2n) is 5.84. The topological polar surface area (TPSA) is 56.0 Å². The van der Waals surface area contributed by atoms with E-state index in [4.69, 9.17) is 0 Å². The fraction of sp³-hybridized carbons (Fsp3) is 0.100. The van der Waals surface area contributed by atoms with Gasteiger partial charge in [0.1, 0.15) is 5.25 Å². The van der Waals surface area contributed by atoms with Crippen molar-refractivity contribution in [1.82, 2.24) is 0 Å². The van der Waals surface area contributed by atoms with E-state index < -0.39 is 22.9 Å². The number of benzene rings is 2. The van der Waals surface area contributed by atoms with Crippen molar-refractivity contribution in [3.05, 3.63) is 95.3 Å². The number of nitrogens with one attached hydrogen (secondary N) is 1. The number of carbonyl (C=O) groups excluding carboxylic acids is 1. The predicted octanol–water partition coefficient (Wildman–Crippen LogP) is 4.81. The number of anilines is 1. The molecule has 28 heavy (non-hydrogen) atoms. The monoisotopic (exact) mass is 404 g/mol. The van der Waals surface area contributed by atoms with Gasteiger partial charge in [0.25, 0.3) is 5.03 Å². The standard InChI is InChI=1S/C20H15F3N2O2S/c21-20(22,23)15-9-6-10-16(13-15)24-19(26)18(14-7-2-1-3-8-14)28-17-11-4-5-12-25(17)27/h1-13,18H,(H,24,26)/t18-/m0/s1. The first kappa shape index (κ1) is 19.8. The molecule has 0 fully saturated rings. The molecule has 2 aromatic carbocycles. The van der Waals surface area contributed by atoms with Gasteiger partial charge in [0, 0.05) is 17.8 Å². The molecule has 144 valence electrons. The summed E-state index contributed by atoms with van der Waals surface area (Å²) in [6.07, 6.45) is -3.19. The molecule has 0 saturated carbocycles. The normalized spacial score (nSPS) is 12.4. The minimum atomic E-state index is -4.51. The molecule has 1 heterocycles. The quantitative estimate of drug-likeness (QED) is 0.377. The zero-order valence-electron chi connectivity index (χ0n) is 14.4. The highest BCUT2D eigenvalue weighted by molar-refractivity contribution is 8.00. The van der Waals surface area contributed by atoms with E-state index in [2.05, 4.69) is 5.32 Å². The Morgan fingerprint density at radius 1 is 1.00 bits per heavy atom. The van der Waals surface area contributed by atoms with Crippen LogP contribution >= 0.6 is 11.8 Å². The zero-order valence-corrected chi connectivity index (χ0v) is 15.2. The Labute approximate surface area is 163 Å². The number of carbonyl (C=O) groups is 1. The third kappa shape index (κ3) is 4.83. The molecule has 0 aliphatic heterocycles. The Balaban J connectivity index is 1.88. The number of alkyl halides is 3. The average Bonchev–Trinajstić information content (AvgIpc) is 2.67. The van der Waals surface area contributed by atoms with Gasteiger partial charge in [-0.05, 0) is 41.6 Å². The molecule has 0 aliphatic carbocycles. The first-order valence-electron chi connectivity index (χ1n) is 8.22. The van der Waals surface area contributed by atoms with Crippen LogP contribution in [0.4, 0.5) is 18.9 Å². The number of amides is 1. The molecule has 0 spiro atoms. The van der Waals surface area contributed by atoms with Crippen LogP contribution in [0.5, 0.6) is 0 Å². The van der Waals surface area contributed by atoms with Gasteiger partial charge in [-0.1, -0.05) is 36.4 Å². The maximum absolute atomic E-state index is 12.9. The van der Waals surface area contributed by atoms with E-state index in [1.54, 1.807) is 48.5 Å². The summed E-state index contributed by atoms with van der Waals surface area (Å²) >= 11 is 1.02. The van der Waals surface area contributed by atoms with Crippen molar-refractivity contribution in [3.8, 4) is 0 Å². The lowest BCUT2D eigenvalue weighted by molar-refractivity contribution is -0.645. The first-order valence-corrected chi connectivity index (χ1v) is 9.10. The molecule has 0 radical (unpaired) electrons. The molecule has 8 heteroatoms. The number of hydrogen-bond acceptors (Lipinski definition) is 3. The van der Waals surface area contributed by atoms with Crippen LogP contribution in [-0.2, 0) is 11.0 Å². The van der Waals surface area contributed by atoms with Crippen molar-refractivity contribution in [2.75, 3.05) is 5.32 Å². The zero-order chi connectivity index (χ0) is 20.1. The number of nitrogens with zero attached hydrogens (tertiary/aromatic N) is 1. The highest BCUT2D eigenvalue weighted by Gasteiger charge is 2.31. The summed E-state index contributed by atoms with van der Waals surface area (Å²) in [6, 6.07) is 18.0. The fourth-order valence-corrected chi connectivity index (χ4v) is 3.53. The minimum absolute atomic E-state index is 0.0319. The van der Waals surface area contributed by atoms with Crippen molar-refractivity contribution in [2.45, 2.75) is 16.5 Å². The molecule has 1 aromatic heterocycles. The Kier molecular flexibility index (Phi) is 5.89. The van der Waals surface area contributed by atoms with Gasteiger partial charge in [-0.3, -0.25) is 4.79 Å². The van der Waals surface area contributed by atoms with Crippen LogP contribution in [0.2, 0.25) is 0 Å². The molecular formula is C20H15F3N2O2S. The lowest BCUT2D eigenvalue weighted by Crippen LogP contribution is -2.29. The highest BCUT2D eigenvalue weighted by atomic mass is 32.2. The average molecular weight is 404 g/mol. The Morgan fingerprint density at radius 2 is 1.71 bits per heavy atom. The molecule has 0 saturated heterocycles. The van der Waals surface area contributed by atoms with E-state index in [0.29, 0.717) is 15.3 Å². The van der Waals surface area contributed by atoms with Gasteiger partial charge in [0.05, 0.1) is 5.56 Å². The van der Waals surface area contributed by atoms with Gasteiger partial charge in [-0.25, -0.2) is 0 Å². The number of halogens is 3. The molecule has 0 bridgehead atoms. The molecule has 1 atom stereocenters. The Bertz CT molecular complexity index is 965. The molecular weight excluding hydrogens is 389 g/mol. The van der Waals surface area contributed by atoms with Crippen LogP contribution in [0.3, 0.4) is 0 Å². The summed E-state index contributed by atoms with van der Waals surface area (Å²) < 4.78 is 39.4. The van der Waals surface area contributed by atoms with Gasteiger partial charge < -0.3 is 10.5 Å². The summed E-state index contributed by atoms with van der Waals surface area (Å²) in [7, 11) is 0. The van der Waals surface area contributed by atoms with Gasteiger partial charge in [0.15, 0.2) is 6.20 Å². The van der Waals surface area contributed by atoms with Crippen LogP contribution in [-0.4, -0.2) is 5.91 Å². The van der Waals surface area contributed by atoms with E-state index in [0.717, 1.165) is 23.9 Å². The summed E-state index contributed by atoms with van der Waals surface area (Å²) in [5.41, 5.74) is -0.195. The highest BCUT2D eigenvalue weighted by Crippen LogP contribution is 2.35. The van der Waals surface area contributed by atoms with Crippen LogP contribution in [0.15, 0.2) is 84.0 Å². The second kappa shape index (κ2) is 8.35. The van der Waals surface area contributed by atoms with E-state index in [-0.39, 0.29) is 5.69 Å². The molecule has 0 aliphatic rings. The van der Waals surface area contributed by atoms with Gasteiger partial charge in [-0.2, -0.15) is 17.9 Å². The SMILES string of the molecule is O=C(Nc1cccc(C(F)(F)F)c1)[C@@H](Sc1cccc[n+]1[O-])c1ccccc1. The number of aromatic nitrogens is 1. The molecule has 4 nitrogen and oxygen atoms in total. The molecule has 0 unspecified atom stereocenters. The van der Waals surface area contributed by atoms with Crippen molar-refractivity contribution in [2.24, 2.45) is 0 Å². The van der Waals surface area contributed by atoms with Crippen LogP contribution in [0.25, 0.3) is 0 Å². The lowest BCUT2D eigenvalue weighted by atomic mass is 10.1. The molecule has 3 aromatic rings. The van der Waals surface area contributed by atoms with Crippen molar-refractivity contribution >= 4 is 23.4 Å². The maximum atomic E-state index is 12.9. The van der Waals surface area contributed by atoms with E-state index in [1.165, 1.54) is 18.3 Å². The van der Waals surface area contributed by atoms with Crippen molar-refractivity contribution < 1.29 is 22.7 Å². The van der Waals surface area contributed by atoms with Gasteiger partial charge >= 0.3 is 6.18 Å². The van der Waals surface area contributed by atoms with E-state index in [9.17, 15) is 23.2 Å². The van der Waals surface area contributed by atoms with Crippen LogP contribution in [0.1, 0.15) is 16.4 Å². The maximum Gasteiger partial charge on any atom is 0.416 e. The third-order valence-electron chi connectivity index (χ3n) is 3.83. The summed E-state index contributed by atoms with van der Waals surface area (Å²) in [6.45, 7) is 0. The fourth-order valence-electron chi connectivity index (χ4n) is 2.51. The summed E-state index contributed by atoms with van der Waals surface area (Å²) in [4.78, 5) is 12.9. The smallest absolute Gasteiger partial charge is 0.416 e.